The lowest BCUT2D eigenvalue weighted by atomic mass is 9.94. The zero-order valence-electron chi connectivity index (χ0n) is 21.8. The van der Waals surface area contributed by atoms with Crippen molar-refractivity contribution >= 4 is 17.4 Å². The zero-order valence-corrected chi connectivity index (χ0v) is 21.8. The Labute approximate surface area is 231 Å². The summed E-state index contributed by atoms with van der Waals surface area (Å²) in [6.45, 7) is 2.61. The molecule has 7 nitrogen and oxygen atoms in total. The lowest BCUT2D eigenvalue weighted by Crippen LogP contribution is -2.29. The number of carbonyl (C=O) groups is 2. The smallest absolute Gasteiger partial charge is 0.295 e. The van der Waals surface area contributed by atoms with E-state index in [1.54, 1.807) is 42.7 Å². The Morgan fingerprint density at radius 1 is 0.925 bits per heavy atom. The van der Waals surface area contributed by atoms with Gasteiger partial charge < -0.3 is 19.5 Å². The third-order valence-corrected chi connectivity index (χ3v) is 6.55. The third-order valence-electron chi connectivity index (χ3n) is 6.55. The third kappa shape index (κ3) is 5.56. The van der Waals surface area contributed by atoms with Gasteiger partial charge in [-0.25, -0.2) is 4.39 Å². The standard InChI is InChI=1S/C32H27FN2O5/c1-2-39-27-17-24(12-15-26(27)40-20-21-7-4-3-5-8-21)29-28(30(36)23-10-13-25(33)14-11-23)31(37)32(38)35(29)19-22-9-6-16-34-18-22/h3-18,29,36H,2,19-20H2,1H3/b30-28+. The van der Waals surface area contributed by atoms with E-state index in [0.717, 1.165) is 5.56 Å². The van der Waals surface area contributed by atoms with Crippen molar-refractivity contribution in [3.63, 3.8) is 0 Å². The molecule has 1 fully saturated rings. The number of hydrogen-bond donors (Lipinski definition) is 1. The topological polar surface area (TPSA) is 89.0 Å². The van der Waals surface area contributed by atoms with E-state index in [1.807, 2.05) is 37.3 Å². The Balaban J connectivity index is 1.58. The predicted molar refractivity (Wildman–Crippen MR) is 147 cm³/mol. The molecular weight excluding hydrogens is 511 g/mol. The normalized spacial score (nSPS) is 16.2. The number of Topliss-reactive ketones (excluding diaryl/α,β-unsaturated/α-hetero) is 1. The lowest BCUT2D eigenvalue weighted by Gasteiger charge is -2.26. The largest absolute Gasteiger partial charge is 0.507 e. The van der Waals surface area contributed by atoms with E-state index in [4.69, 9.17) is 9.47 Å². The fourth-order valence-corrected chi connectivity index (χ4v) is 4.66. The van der Waals surface area contributed by atoms with Crippen LogP contribution < -0.4 is 9.47 Å². The van der Waals surface area contributed by atoms with Gasteiger partial charge in [0.15, 0.2) is 11.5 Å². The van der Waals surface area contributed by atoms with Crippen LogP contribution in [0.4, 0.5) is 4.39 Å². The van der Waals surface area contributed by atoms with Crippen molar-refractivity contribution in [3.05, 3.63) is 131 Å². The van der Waals surface area contributed by atoms with E-state index in [1.165, 1.54) is 29.2 Å². The highest BCUT2D eigenvalue weighted by Gasteiger charge is 2.46. The van der Waals surface area contributed by atoms with Crippen LogP contribution in [0.5, 0.6) is 11.5 Å². The molecule has 1 aliphatic rings. The zero-order chi connectivity index (χ0) is 28.1. The minimum absolute atomic E-state index is 0.0828. The molecule has 5 rings (SSSR count). The van der Waals surface area contributed by atoms with Crippen LogP contribution in [0.2, 0.25) is 0 Å². The van der Waals surface area contributed by atoms with Gasteiger partial charge in [-0.05, 0) is 66.1 Å². The van der Waals surface area contributed by atoms with Crippen molar-refractivity contribution < 1.29 is 28.6 Å². The molecule has 0 spiro atoms. The molecule has 40 heavy (non-hydrogen) atoms. The summed E-state index contributed by atoms with van der Waals surface area (Å²) in [6, 6.07) is 22.6. The SMILES string of the molecule is CCOc1cc(C2/C(=C(\O)c3ccc(F)cc3)C(=O)C(=O)N2Cc2cccnc2)ccc1OCc1ccccc1. The molecule has 1 saturated heterocycles. The van der Waals surface area contributed by atoms with Crippen molar-refractivity contribution in [1.29, 1.82) is 0 Å². The summed E-state index contributed by atoms with van der Waals surface area (Å²) < 4.78 is 25.5. The molecule has 8 heteroatoms. The number of benzene rings is 3. The van der Waals surface area contributed by atoms with Gasteiger partial charge in [-0.15, -0.1) is 0 Å². The van der Waals surface area contributed by atoms with E-state index in [2.05, 4.69) is 4.98 Å². The Bertz CT molecular complexity index is 1540. The number of hydrogen-bond acceptors (Lipinski definition) is 6. The van der Waals surface area contributed by atoms with E-state index in [9.17, 15) is 19.1 Å². The van der Waals surface area contributed by atoms with E-state index >= 15 is 0 Å². The number of pyridine rings is 1. The summed E-state index contributed by atoms with van der Waals surface area (Å²) in [5.41, 5.74) is 2.36. The number of rotatable bonds is 9. The quantitative estimate of drug-likeness (QED) is 0.164. The van der Waals surface area contributed by atoms with Crippen LogP contribution >= 0.6 is 0 Å². The number of likely N-dealkylation sites (tertiary alicyclic amines) is 1. The second kappa shape index (κ2) is 11.8. The molecule has 0 saturated carbocycles. The van der Waals surface area contributed by atoms with Gasteiger partial charge >= 0.3 is 0 Å². The Kier molecular flexibility index (Phi) is 7.87. The lowest BCUT2D eigenvalue weighted by molar-refractivity contribution is -0.140. The summed E-state index contributed by atoms with van der Waals surface area (Å²) in [5, 5.41) is 11.2. The van der Waals surface area contributed by atoms with Crippen LogP contribution in [0.3, 0.4) is 0 Å². The summed E-state index contributed by atoms with van der Waals surface area (Å²) in [7, 11) is 0. The molecule has 1 unspecified atom stereocenters. The first-order valence-corrected chi connectivity index (χ1v) is 12.8. The molecule has 1 aromatic heterocycles. The molecule has 1 aliphatic heterocycles. The number of aromatic nitrogens is 1. The summed E-state index contributed by atoms with van der Waals surface area (Å²) >= 11 is 0. The van der Waals surface area contributed by atoms with Crippen LogP contribution in [-0.4, -0.2) is 33.3 Å². The number of amides is 1. The van der Waals surface area contributed by atoms with Crippen LogP contribution in [-0.2, 0) is 22.7 Å². The highest BCUT2D eigenvalue weighted by atomic mass is 19.1. The van der Waals surface area contributed by atoms with Gasteiger partial charge in [-0.3, -0.25) is 14.6 Å². The average molecular weight is 539 g/mol. The first kappa shape index (κ1) is 26.6. The summed E-state index contributed by atoms with van der Waals surface area (Å²) in [6.07, 6.45) is 3.23. The molecule has 1 amide bonds. The van der Waals surface area contributed by atoms with Gasteiger partial charge in [0.25, 0.3) is 11.7 Å². The molecule has 202 valence electrons. The highest BCUT2D eigenvalue weighted by Crippen LogP contribution is 2.43. The molecule has 0 bridgehead atoms. The second-order valence-electron chi connectivity index (χ2n) is 9.21. The van der Waals surface area contributed by atoms with Crippen LogP contribution in [0.15, 0.2) is 103 Å². The van der Waals surface area contributed by atoms with Crippen LogP contribution in [0.25, 0.3) is 5.76 Å². The fourth-order valence-electron chi connectivity index (χ4n) is 4.66. The second-order valence-corrected chi connectivity index (χ2v) is 9.21. The molecule has 1 atom stereocenters. The minimum atomic E-state index is -0.937. The van der Waals surface area contributed by atoms with Crippen LogP contribution in [0.1, 0.15) is 35.2 Å². The van der Waals surface area contributed by atoms with Gasteiger partial charge in [-0.2, -0.15) is 0 Å². The molecule has 2 heterocycles. The maximum atomic E-state index is 13.6. The number of halogens is 1. The maximum Gasteiger partial charge on any atom is 0.295 e. The van der Waals surface area contributed by atoms with Crippen molar-refractivity contribution in [2.75, 3.05) is 6.61 Å². The minimum Gasteiger partial charge on any atom is -0.507 e. The van der Waals surface area contributed by atoms with Gasteiger partial charge in [0.2, 0.25) is 0 Å². The number of aliphatic hydroxyl groups excluding tert-OH is 1. The highest BCUT2D eigenvalue weighted by molar-refractivity contribution is 6.46. The number of nitrogens with zero attached hydrogens (tertiary/aromatic N) is 2. The molecule has 0 aliphatic carbocycles. The van der Waals surface area contributed by atoms with Crippen molar-refractivity contribution in [1.82, 2.24) is 9.88 Å². The van der Waals surface area contributed by atoms with Crippen molar-refractivity contribution in [3.8, 4) is 11.5 Å². The van der Waals surface area contributed by atoms with E-state index in [-0.39, 0.29) is 23.4 Å². The monoisotopic (exact) mass is 538 g/mol. The number of ketones is 1. The van der Waals surface area contributed by atoms with E-state index < -0.39 is 23.5 Å². The van der Waals surface area contributed by atoms with Crippen molar-refractivity contribution in [2.45, 2.75) is 26.1 Å². The number of ether oxygens (including phenoxy) is 2. The van der Waals surface area contributed by atoms with Gasteiger partial charge in [0.05, 0.1) is 18.2 Å². The molecule has 1 N–H and O–H groups in total. The number of carbonyl (C=O) groups excluding carboxylic acids is 2. The van der Waals surface area contributed by atoms with Gasteiger partial charge in [0, 0.05) is 24.5 Å². The molecule has 4 aromatic rings. The molecule has 3 aromatic carbocycles. The van der Waals surface area contributed by atoms with Crippen molar-refractivity contribution in [2.24, 2.45) is 0 Å². The summed E-state index contributed by atoms with van der Waals surface area (Å²) in [4.78, 5) is 32.2. The fraction of sp³-hybridized carbons (Fsp3) is 0.156. The summed E-state index contributed by atoms with van der Waals surface area (Å²) in [5.74, 6) is -1.54. The Morgan fingerprint density at radius 3 is 2.38 bits per heavy atom. The predicted octanol–water partition coefficient (Wildman–Crippen LogP) is 5.82. The van der Waals surface area contributed by atoms with E-state index in [0.29, 0.717) is 35.8 Å². The average Bonchev–Trinajstić information content (AvgIpc) is 3.22. The maximum absolute atomic E-state index is 13.6. The number of aliphatic hydroxyl groups is 1. The Morgan fingerprint density at radius 2 is 1.68 bits per heavy atom. The van der Waals surface area contributed by atoms with Gasteiger partial charge in [-0.1, -0.05) is 42.5 Å². The van der Waals surface area contributed by atoms with Crippen LogP contribution in [0, 0.1) is 5.82 Å². The first-order valence-electron chi connectivity index (χ1n) is 12.8. The first-order chi connectivity index (χ1) is 19.5. The Hall–Kier alpha value is -4.98. The molecular formula is C32H27FN2O5. The molecule has 0 radical (unpaired) electrons. The van der Waals surface area contributed by atoms with Gasteiger partial charge in [0.1, 0.15) is 18.2 Å².